The monoisotopic (exact) mass is 541 g/mol. The van der Waals surface area contributed by atoms with Crippen LogP contribution in [-0.2, 0) is 14.3 Å². The van der Waals surface area contributed by atoms with Crippen molar-refractivity contribution >= 4 is 64.0 Å². The zero-order valence-corrected chi connectivity index (χ0v) is 20.7. The van der Waals surface area contributed by atoms with Crippen molar-refractivity contribution in [1.29, 1.82) is 0 Å². The molecule has 0 atom stereocenters. The molecule has 2 aromatic heterocycles. The number of nitrogens with zero attached hydrogens (tertiary/aromatic N) is 2. The van der Waals surface area contributed by atoms with Gasteiger partial charge in [0, 0.05) is 23.5 Å². The summed E-state index contributed by atoms with van der Waals surface area (Å²) in [4.78, 5) is 29.3. The van der Waals surface area contributed by atoms with Crippen LogP contribution < -0.4 is 5.32 Å². The Labute approximate surface area is 215 Å². The molecule has 0 unspecified atom stereocenters. The van der Waals surface area contributed by atoms with Crippen molar-refractivity contribution < 1.29 is 18.8 Å². The van der Waals surface area contributed by atoms with Crippen molar-refractivity contribution in [3.8, 4) is 22.7 Å². The zero-order chi connectivity index (χ0) is 24.3. The number of anilines is 1. The molecule has 178 valence electrons. The summed E-state index contributed by atoms with van der Waals surface area (Å²) in [7, 11) is 0. The summed E-state index contributed by atoms with van der Waals surface area (Å²) in [6.45, 7) is 0. The van der Waals surface area contributed by atoms with E-state index in [1.165, 1.54) is 18.3 Å². The van der Waals surface area contributed by atoms with Crippen molar-refractivity contribution in [2.45, 2.75) is 42.5 Å². The SMILES string of the molecule is O=C(Nc1ccnc(-c2cc(-c3c(Cl)cccc3Cl)no2)c1)C(Cl)(Cl)C(=O)OC1CCCCC1. The summed E-state index contributed by atoms with van der Waals surface area (Å²) < 4.78 is 8.35. The van der Waals surface area contributed by atoms with Gasteiger partial charge in [0.15, 0.2) is 5.76 Å². The number of benzene rings is 1. The van der Waals surface area contributed by atoms with Gasteiger partial charge in [-0.15, -0.1) is 0 Å². The van der Waals surface area contributed by atoms with Gasteiger partial charge in [0.2, 0.25) is 0 Å². The van der Waals surface area contributed by atoms with E-state index in [4.69, 9.17) is 55.7 Å². The summed E-state index contributed by atoms with van der Waals surface area (Å²) in [5.41, 5.74) is 1.60. The van der Waals surface area contributed by atoms with E-state index < -0.39 is 16.2 Å². The second-order valence-electron chi connectivity index (χ2n) is 7.80. The molecule has 3 aromatic rings. The Kier molecular flexibility index (Phi) is 7.67. The molecule has 1 aromatic carbocycles. The molecule has 1 aliphatic rings. The highest BCUT2D eigenvalue weighted by atomic mass is 35.5. The minimum atomic E-state index is -2.40. The molecule has 7 nitrogen and oxygen atoms in total. The third kappa shape index (κ3) is 5.49. The number of hydrogen-bond acceptors (Lipinski definition) is 6. The molecule has 2 heterocycles. The van der Waals surface area contributed by atoms with Crippen LogP contribution in [0.2, 0.25) is 10.0 Å². The summed E-state index contributed by atoms with van der Waals surface area (Å²) in [5.74, 6) is -1.62. The number of alkyl halides is 2. The fourth-order valence-corrected chi connectivity index (χ4v) is 4.38. The summed E-state index contributed by atoms with van der Waals surface area (Å²) >= 11 is 24.6. The van der Waals surface area contributed by atoms with Crippen molar-refractivity contribution in [3.05, 3.63) is 52.6 Å². The third-order valence-electron chi connectivity index (χ3n) is 5.37. The molecule has 4 rings (SSSR count). The second kappa shape index (κ2) is 10.5. The quantitative estimate of drug-likeness (QED) is 0.211. The number of halogens is 4. The van der Waals surface area contributed by atoms with E-state index in [2.05, 4.69) is 15.5 Å². The van der Waals surface area contributed by atoms with Gasteiger partial charge in [0.05, 0.1) is 10.0 Å². The highest BCUT2D eigenvalue weighted by Gasteiger charge is 2.45. The van der Waals surface area contributed by atoms with Gasteiger partial charge in [0.25, 0.3) is 10.2 Å². The van der Waals surface area contributed by atoms with Crippen LogP contribution >= 0.6 is 46.4 Å². The number of amides is 1. The first-order valence-electron chi connectivity index (χ1n) is 10.5. The van der Waals surface area contributed by atoms with Crippen LogP contribution in [0.3, 0.4) is 0 Å². The van der Waals surface area contributed by atoms with E-state index in [9.17, 15) is 9.59 Å². The van der Waals surface area contributed by atoms with E-state index in [-0.39, 0.29) is 6.10 Å². The Hall–Kier alpha value is -2.32. The normalized spacial score (nSPS) is 14.6. The predicted octanol–water partition coefficient (Wildman–Crippen LogP) is 6.70. The lowest BCUT2D eigenvalue weighted by Crippen LogP contribution is -2.43. The van der Waals surface area contributed by atoms with E-state index in [1.807, 2.05) is 0 Å². The molecule has 11 heteroatoms. The Morgan fingerprint density at radius 3 is 2.44 bits per heavy atom. The number of carbonyl (C=O) groups is 2. The molecule has 1 aliphatic carbocycles. The Balaban J connectivity index is 1.48. The first-order valence-corrected chi connectivity index (χ1v) is 12.0. The van der Waals surface area contributed by atoms with Crippen LogP contribution in [-0.4, -0.2) is 32.5 Å². The summed E-state index contributed by atoms with van der Waals surface area (Å²) in [6.07, 6.45) is 5.60. The largest absolute Gasteiger partial charge is 0.460 e. The number of pyridine rings is 1. The van der Waals surface area contributed by atoms with Crippen LogP contribution in [0.25, 0.3) is 22.7 Å². The van der Waals surface area contributed by atoms with E-state index in [1.54, 1.807) is 24.3 Å². The Bertz CT molecular complexity index is 1190. The average molecular weight is 543 g/mol. The molecule has 34 heavy (non-hydrogen) atoms. The lowest BCUT2D eigenvalue weighted by atomic mass is 9.98. The lowest BCUT2D eigenvalue weighted by molar-refractivity contribution is -0.152. The molecule has 1 fully saturated rings. The summed E-state index contributed by atoms with van der Waals surface area (Å²) in [5, 5.41) is 7.37. The van der Waals surface area contributed by atoms with E-state index >= 15 is 0 Å². The van der Waals surface area contributed by atoms with Gasteiger partial charge in [-0.3, -0.25) is 9.78 Å². The molecule has 1 N–H and O–H groups in total. The average Bonchev–Trinajstić information content (AvgIpc) is 3.29. The van der Waals surface area contributed by atoms with Crippen LogP contribution in [0, 0.1) is 0 Å². The van der Waals surface area contributed by atoms with Gasteiger partial charge < -0.3 is 14.6 Å². The third-order valence-corrected chi connectivity index (χ3v) is 6.65. The molecule has 0 spiro atoms. The van der Waals surface area contributed by atoms with Gasteiger partial charge >= 0.3 is 5.97 Å². The van der Waals surface area contributed by atoms with Gasteiger partial charge in [-0.25, -0.2) is 4.79 Å². The molecular formula is C23H19Cl4N3O4. The molecule has 0 aliphatic heterocycles. The molecule has 1 amide bonds. The van der Waals surface area contributed by atoms with E-state index in [0.29, 0.717) is 38.4 Å². The molecule has 0 bridgehead atoms. The van der Waals surface area contributed by atoms with Gasteiger partial charge in [-0.1, -0.05) is 64.0 Å². The van der Waals surface area contributed by atoms with Crippen molar-refractivity contribution in [2.75, 3.05) is 5.32 Å². The van der Waals surface area contributed by atoms with Crippen molar-refractivity contribution in [2.24, 2.45) is 0 Å². The number of carbonyl (C=O) groups excluding carboxylic acids is 2. The smallest absolute Gasteiger partial charge is 0.352 e. The van der Waals surface area contributed by atoms with Crippen LogP contribution in [0.1, 0.15) is 32.1 Å². The fraction of sp³-hybridized carbons (Fsp3) is 0.304. The van der Waals surface area contributed by atoms with Crippen LogP contribution in [0.4, 0.5) is 5.69 Å². The van der Waals surface area contributed by atoms with Crippen LogP contribution in [0.5, 0.6) is 0 Å². The highest BCUT2D eigenvalue weighted by Crippen LogP contribution is 2.36. The molecule has 0 radical (unpaired) electrons. The van der Waals surface area contributed by atoms with Gasteiger partial charge in [0.1, 0.15) is 17.5 Å². The summed E-state index contributed by atoms with van der Waals surface area (Å²) in [6, 6.07) is 9.76. The predicted molar refractivity (Wildman–Crippen MR) is 131 cm³/mol. The van der Waals surface area contributed by atoms with Gasteiger partial charge in [-0.2, -0.15) is 0 Å². The topological polar surface area (TPSA) is 94.3 Å². The number of esters is 1. The zero-order valence-electron chi connectivity index (χ0n) is 17.7. The Morgan fingerprint density at radius 1 is 1.03 bits per heavy atom. The number of hydrogen-bond donors (Lipinski definition) is 1. The minimum absolute atomic E-state index is 0.286. The highest BCUT2D eigenvalue weighted by molar-refractivity contribution is 6.68. The standard InChI is InChI=1S/C23H19Cl4N3O4/c24-15-7-4-8-16(25)20(15)18-12-19(34-30-18)17-11-13(9-10-28-17)29-21(31)23(26,27)22(32)33-14-5-2-1-3-6-14/h4,7-12,14H,1-3,5-6H2,(H,28,29,31). The maximum atomic E-state index is 12.7. The Morgan fingerprint density at radius 2 is 1.74 bits per heavy atom. The number of ether oxygens (including phenoxy) is 1. The first-order chi connectivity index (χ1) is 16.3. The molecule has 1 saturated carbocycles. The fourth-order valence-electron chi connectivity index (χ4n) is 3.61. The minimum Gasteiger partial charge on any atom is -0.460 e. The molecule has 0 saturated heterocycles. The molecular weight excluding hydrogens is 524 g/mol. The second-order valence-corrected chi connectivity index (χ2v) is 9.94. The maximum absolute atomic E-state index is 12.7. The number of nitrogens with one attached hydrogen (secondary N) is 1. The maximum Gasteiger partial charge on any atom is 0.352 e. The van der Waals surface area contributed by atoms with Crippen molar-refractivity contribution in [1.82, 2.24) is 10.1 Å². The van der Waals surface area contributed by atoms with E-state index in [0.717, 1.165) is 32.1 Å². The first kappa shape index (κ1) is 24.8. The number of aromatic nitrogens is 2. The van der Waals surface area contributed by atoms with Crippen molar-refractivity contribution in [3.63, 3.8) is 0 Å². The van der Waals surface area contributed by atoms with Gasteiger partial charge in [-0.05, 0) is 49.9 Å². The van der Waals surface area contributed by atoms with Crippen LogP contribution in [0.15, 0.2) is 47.1 Å². The lowest BCUT2D eigenvalue weighted by Gasteiger charge is -2.25. The number of rotatable bonds is 6.